The van der Waals surface area contributed by atoms with Crippen LogP contribution in [0.4, 0.5) is 0 Å². The van der Waals surface area contributed by atoms with Crippen molar-refractivity contribution < 1.29 is 143 Å². The number of carboxylic acids is 1. The van der Waals surface area contributed by atoms with Crippen molar-refractivity contribution in [3.63, 3.8) is 0 Å². The first kappa shape index (κ1) is 62.4. The number of phenolic OH excluding ortho intramolecular Hbond substituents is 2. The number of aliphatic carboxylic acids is 1. The number of benzene rings is 3. The first-order valence-corrected chi connectivity index (χ1v) is 23.5. The second kappa shape index (κ2) is 30.7. The molecule has 1 aliphatic rings. The van der Waals surface area contributed by atoms with E-state index in [9.17, 15) is 60.7 Å². The monoisotopic (exact) mass is 982 g/mol. The molecule has 0 aliphatic carbocycles. The summed E-state index contributed by atoms with van der Waals surface area (Å²) in [5, 5.41) is 26.9. The normalized spacial score (nSPS) is 13.7. The Kier molecular flexibility index (Phi) is 29.1. The molecule has 354 valence electrons. The summed E-state index contributed by atoms with van der Waals surface area (Å²) < 4.78 is 81.4. The topological polar surface area (TPSA) is 297 Å². The SMILES string of the molecule is CCCCC(CC)COC(=O)CC(C(=O)OCC(CC)CCCC)S(=O)(=O)[O-].O=C([O-])CCC(=O)OS(=O)(=O)O.O=C1OC(c2ccc(O)cc2)(c2ccc(O)cc2)c2ccccc21.[Na+].[Na+]. The molecule has 0 aromatic heterocycles. The number of ether oxygens (including phenoxy) is 3. The summed E-state index contributed by atoms with van der Waals surface area (Å²) >= 11 is 0. The molecule has 3 N–H and O–H groups in total. The largest absolute Gasteiger partial charge is 1.00 e. The minimum atomic E-state index is -5.01. The number of aromatic hydroxyl groups is 2. The van der Waals surface area contributed by atoms with Crippen molar-refractivity contribution in [3.8, 4) is 11.5 Å². The van der Waals surface area contributed by atoms with Crippen molar-refractivity contribution in [2.24, 2.45) is 11.8 Å². The summed E-state index contributed by atoms with van der Waals surface area (Å²) in [4.78, 5) is 56.6. The molecule has 3 atom stereocenters. The third-order valence-electron chi connectivity index (χ3n) is 10.0. The number of carbonyl (C=O) groups excluding carboxylic acids is 5. The second-order valence-electron chi connectivity index (χ2n) is 14.8. The van der Waals surface area contributed by atoms with Gasteiger partial charge in [-0.3, -0.25) is 18.9 Å². The molecule has 3 unspecified atom stereocenters. The number of rotatable bonds is 22. The third kappa shape index (κ3) is 21.2. The Balaban J connectivity index is 0.00000101. The summed E-state index contributed by atoms with van der Waals surface area (Å²) in [5.74, 6) is -4.73. The second-order valence-corrected chi connectivity index (χ2v) is 17.4. The van der Waals surface area contributed by atoms with Crippen LogP contribution >= 0.6 is 0 Å². The van der Waals surface area contributed by atoms with Gasteiger partial charge in [-0.05, 0) is 61.4 Å². The van der Waals surface area contributed by atoms with E-state index < -0.39 is 80.5 Å². The first-order chi connectivity index (χ1) is 30.1. The van der Waals surface area contributed by atoms with Crippen LogP contribution < -0.4 is 64.2 Å². The molecule has 1 aliphatic heterocycles. The summed E-state index contributed by atoms with van der Waals surface area (Å²) in [7, 11) is -9.85. The predicted molar refractivity (Wildman–Crippen MR) is 226 cm³/mol. The maximum atomic E-state index is 12.4. The van der Waals surface area contributed by atoms with Gasteiger partial charge < -0.3 is 43.1 Å². The van der Waals surface area contributed by atoms with Crippen molar-refractivity contribution in [3.05, 3.63) is 95.1 Å². The summed E-state index contributed by atoms with van der Waals surface area (Å²) in [6.07, 6.45) is 5.26. The number of phenols is 2. The van der Waals surface area contributed by atoms with Gasteiger partial charge >= 0.3 is 93.4 Å². The number of unbranched alkanes of at least 4 members (excludes halogenated alkanes) is 2. The maximum Gasteiger partial charge on any atom is 1.00 e. The zero-order valence-corrected chi connectivity index (χ0v) is 43.8. The van der Waals surface area contributed by atoms with Gasteiger partial charge in [-0.15, -0.1) is 0 Å². The molecular weight excluding hydrogens is 927 g/mol. The van der Waals surface area contributed by atoms with E-state index >= 15 is 0 Å². The van der Waals surface area contributed by atoms with Gasteiger partial charge in [-0.25, -0.2) is 13.2 Å². The van der Waals surface area contributed by atoms with Crippen molar-refractivity contribution in [1.29, 1.82) is 0 Å². The number of carbonyl (C=O) groups is 5. The minimum Gasteiger partial charge on any atom is -0.747 e. The number of esters is 3. The molecule has 4 rings (SSSR count). The number of hydrogen-bond donors (Lipinski definition) is 3. The van der Waals surface area contributed by atoms with E-state index in [1.807, 2.05) is 26.0 Å². The Morgan fingerprint density at radius 2 is 1.18 bits per heavy atom. The minimum absolute atomic E-state index is 0. The standard InChI is InChI=1S/C20H38O7S.C20H14O4.C4H6O7S.2Na/c1-5-9-11-16(7-3)14-26-19(21)13-18(28(23,24)25)20(22)27-15-17(8-4)12-10-6-2;21-15-9-5-13(6-10-15)20(14-7-11-16(22)12-8-14)18-4-2-1-3-17(18)19(23)24-20;5-3(6)1-2-4(7)11-12(8,9)10;;/h16-18H,5-15H2,1-4H3,(H,23,24,25);1-12,21-22H;1-2H2,(H,5,6)(H,8,9,10);;/q;;;2*+1/p-2. The van der Waals surface area contributed by atoms with Crippen LogP contribution in [0.5, 0.6) is 11.5 Å². The Labute approximate surface area is 430 Å². The zero-order chi connectivity index (χ0) is 48.1. The van der Waals surface area contributed by atoms with Crippen molar-refractivity contribution in [2.75, 3.05) is 13.2 Å². The van der Waals surface area contributed by atoms with Crippen molar-refractivity contribution in [1.82, 2.24) is 0 Å². The van der Waals surface area contributed by atoms with E-state index in [0.29, 0.717) is 5.56 Å². The number of carboxylic acid groups (broad SMARTS) is 1. The summed E-state index contributed by atoms with van der Waals surface area (Å²) in [6.45, 7) is 8.26. The predicted octanol–water partition coefficient (Wildman–Crippen LogP) is -0.760. The van der Waals surface area contributed by atoms with Gasteiger partial charge in [0.05, 0.1) is 31.6 Å². The summed E-state index contributed by atoms with van der Waals surface area (Å²) in [6, 6.07) is 20.4. The van der Waals surface area contributed by atoms with E-state index in [1.54, 1.807) is 60.7 Å². The number of hydrogen-bond acceptors (Lipinski definition) is 17. The Hall–Kier alpha value is -3.57. The summed E-state index contributed by atoms with van der Waals surface area (Å²) in [5.41, 5.74) is 1.60. The molecule has 22 heteroatoms. The van der Waals surface area contributed by atoms with Gasteiger partial charge in [0.15, 0.2) is 10.9 Å². The molecular formula is C44H56Na2O18S2. The average molecular weight is 983 g/mol. The Bertz CT molecular complexity index is 2170. The molecule has 0 radical (unpaired) electrons. The van der Waals surface area contributed by atoms with Crippen LogP contribution in [0.15, 0.2) is 72.8 Å². The molecule has 0 saturated heterocycles. The maximum absolute atomic E-state index is 12.4. The van der Waals surface area contributed by atoms with Gasteiger partial charge in [-0.2, -0.15) is 8.42 Å². The van der Waals surface area contributed by atoms with Crippen LogP contribution in [0, 0.1) is 11.8 Å². The Morgan fingerprint density at radius 1 is 0.712 bits per heavy atom. The van der Waals surface area contributed by atoms with E-state index in [2.05, 4.69) is 18.0 Å². The average Bonchev–Trinajstić information content (AvgIpc) is 3.54. The molecule has 0 saturated carbocycles. The van der Waals surface area contributed by atoms with Crippen molar-refractivity contribution in [2.45, 2.75) is 109 Å². The third-order valence-corrected chi connectivity index (χ3v) is 11.5. The van der Waals surface area contributed by atoms with Gasteiger partial charge in [0.25, 0.3) is 0 Å². The van der Waals surface area contributed by atoms with Gasteiger partial charge in [0.2, 0.25) is 0 Å². The van der Waals surface area contributed by atoms with E-state index in [1.165, 1.54) is 0 Å². The van der Waals surface area contributed by atoms with E-state index in [4.69, 9.17) is 18.8 Å². The molecule has 3 aromatic rings. The molecule has 3 aromatic carbocycles. The fraction of sp³-hybridized carbons (Fsp3) is 0.477. The number of cyclic esters (lactones) is 1. The van der Waals surface area contributed by atoms with Crippen LogP contribution in [0.3, 0.4) is 0 Å². The smallest absolute Gasteiger partial charge is 0.747 e. The Morgan fingerprint density at radius 3 is 1.61 bits per heavy atom. The van der Waals surface area contributed by atoms with E-state index in [0.717, 1.165) is 68.1 Å². The molecule has 0 fully saturated rings. The molecule has 0 amide bonds. The molecule has 1 heterocycles. The quantitative estimate of drug-likeness (QED) is 0.0482. The van der Waals surface area contributed by atoms with Gasteiger partial charge in [0.1, 0.15) is 21.6 Å². The van der Waals surface area contributed by atoms with Gasteiger partial charge in [0, 0.05) is 22.7 Å². The van der Waals surface area contributed by atoms with Crippen LogP contribution in [0.25, 0.3) is 0 Å². The molecule has 0 bridgehead atoms. The van der Waals surface area contributed by atoms with E-state index in [-0.39, 0.29) is 95.7 Å². The van der Waals surface area contributed by atoms with Crippen LogP contribution in [0.1, 0.15) is 125 Å². The molecule has 0 spiro atoms. The molecule has 18 nitrogen and oxygen atoms in total. The van der Waals surface area contributed by atoms with Crippen molar-refractivity contribution >= 4 is 50.4 Å². The van der Waals surface area contributed by atoms with Crippen LogP contribution in [-0.4, -0.2) is 84.5 Å². The fourth-order valence-electron chi connectivity index (χ4n) is 6.38. The van der Waals surface area contributed by atoms with Gasteiger partial charge in [-0.1, -0.05) is 109 Å². The van der Waals surface area contributed by atoms with Crippen LogP contribution in [-0.2, 0) is 63.7 Å². The number of fused-ring (bicyclic) bond motifs is 1. The first-order valence-electron chi connectivity index (χ1n) is 20.7. The van der Waals surface area contributed by atoms with Crippen LogP contribution in [0.2, 0.25) is 0 Å². The molecule has 66 heavy (non-hydrogen) atoms. The zero-order valence-electron chi connectivity index (χ0n) is 38.1. The fourth-order valence-corrected chi connectivity index (χ4v) is 7.34.